The monoisotopic (exact) mass is 226 g/mol. The van der Waals surface area contributed by atoms with Crippen LogP contribution in [0.3, 0.4) is 0 Å². The zero-order valence-electron chi connectivity index (χ0n) is 8.83. The van der Waals surface area contributed by atoms with Crippen molar-refractivity contribution in [2.75, 3.05) is 6.61 Å². The number of rotatable bonds is 5. The fourth-order valence-corrected chi connectivity index (χ4v) is 1.59. The topological polar surface area (TPSA) is 26.3 Å². The molecule has 3 heteroatoms. The average molecular weight is 227 g/mol. The van der Waals surface area contributed by atoms with Crippen LogP contribution in [0.15, 0.2) is 24.3 Å². The molecule has 1 aromatic carbocycles. The van der Waals surface area contributed by atoms with E-state index in [4.69, 9.17) is 16.3 Å². The first kappa shape index (κ1) is 12.1. The lowest BCUT2D eigenvalue weighted by atomic mass is 10.1. The molecule has 0 aromatic heterocycles. The summed E-state index contributed by atoms with van der Waals surface area (Å²) in [6.07, 6.45) is 2.06. The molecule has 0 aliphatic rings. The third-order valence-electron chi connectivity index (χ3n) is 2.09. The van der Waals surface area contributed by atoms with Gasteiger partial charge in [-0.05, 0) is 31.4 Å². The first-order chi connectivity index (χ1) is 7.24. The van der Waals surface area contributed by atoms with Crippen molar-refractivity contribution in [1.29, 1.82) is 0 Å². The minimum Gasteiger partial charge on any atom is -0.466 e. The molecule has 0 unspecified atom stereocenters. The summed E-state index contributed by atoms with van der Waals surface area (Å²) in [6, 6.07) is 7.69. The summed E-state index contributed by atoms with van der Waals surface area (Å²) in [6.45, 7) is 2.26. The van der Waals surface area contributed by atoms with Crippen molar-refractivity contribution in [3.63, 3.8) is 0 Å². The molecule has 1 aromatic rings. The van der Waals surface area contributed by atoms with Crippen molar-refractivity contribution in [2.45, 2.75) is 26.2 Å². The van der Waals surface area contributed by atoms with E-state index in [0.717, 1.165) is 23.4 Å². The Hall–Kier alpha value is -1.02. The van der Waals surface area contributed by atoms with Gasteiger partial charge in [0, 0.05) is 11.4 Å². The lowest BCUT2D eigenvalue weighted by Crippen LogP contribution is -2.04. The molecular formula is C12H15ClO2. The first-order valence-electron chi connectivity index (χ1n) is 5.13. The second kappa shape index (κ2) is 6.46. The fraction of sp³-hybridized carbons (Fsp3) is 0.417. The van der Waals surface area contributed by atoms with Crippen LogP contribution >= 0.6 is 11.6 Å². The van der Waals surface area contributed by atoms with Gasteiger partial charge < -0.3 is 4.74 Å². The second-order valence-electron chi connectivity index (χ2n) is 3.25. The smallest absolute Gasteiger partial charge is 0.305 e. The maximum atomic E-state index is 11.1. The Morgan fingerprint density at radius 2 is 2.13 bits per heavy atom. The Bertz CT molecular complexity index is 323. The van der Waals surface area contributed by atoms with Crippen LogP contribution in [0.5, 0.6) is 0 Å². The second-order valence-corrected chi connectivity index (χ2v) is 3.66. The van der Waals surface area contributed by atoms with Crippen LogP contribution in [0.1, 0.15) is 25.3 Å². The summed E-state index contributed by atoms with van der Waals surface area (Å²) in [5.41, 5.74) is 1.09. The van der Waals surface area contributed by atoms with E-state index in [1.165, 1.54) is 0 Å². The van der Waals surface area contributed by atoms with Crippen LogP contribution in [0.25, 0.3) is 0 Å². The van der Waals surface area contributed by atoms with E-state index in [9.17, 15) is 4.79 Å². The molecule has 0 bridgehead atoms. The Kier molecular flexibility index (Phi) is 5.19. The van der Waals surface area contributed by atoms with Gasteiger partial charge in [0.1, 0.15) is 0 Å². The van der Waals surface area contributed by atoms with E-state index >= 15 is 0 Å². The molecule has 0 saturated heterocycles. The molecular weight excluding hydrogens is 212 g/mol. The number of halogens is 1. The first-order valence-corrected chi connectivity index (χ1v) is 5.51. The van der Waals surface area contributed by atoms with Gasteiger partial charge in [-0.1, -0.05) is 29.8 Å². The molecule has 0 fully saturated rings. The van der Waals surface area contributed by atoms with Crippen LogP contribution in [0, 0.1) is 0 Å². The number of hydrogen-bond donors (Lipinski definition) is 0. The highest BCUT2D eigenvalue weighted by molar-refractivity contribution is 6.31. The molecule has 0 aliphatic heterocycles. The summed E-state index contributed by atoms with van der Waals surface area (Å²) in [5, 5.41) is 0.765. The Morgan fingerprint density at radius 3 is 2.80 bits per heavy atom. The number of esters is 1. The minimum atomic E-state index is -0.135. The molecule has 2 nitrogen and oxygen atoms in total. The van der Waals surface area contributed by atoms with E-state index < -0.39 is 0 Å². The van der Waals surface area contributed by atoms with Crippen LogP contribution in [-0.2, 0) is 16.0 Å². The maximum absolute atomic E-state index is 11.1. The molecule has 0 N–H and O–H groups in total. The van der Waals surface area contributed by atoms with E-state index in [1.54, 1.807) is 0 Å². The minimum absolute atomic E-state index is 0.135. The number of aryl methyl sites for hydroxylation is 1. The molecule has 0 radical (unpaired) electrons. The molecule has 82 valence electrons. The zero-order valence-corrected chi connectivity index (χ0v) is 9.59. The van der Waals surface area contributed by atoms with Crippen molar-refractivity contribution >= 4 is 17.6 Å². The fourth-order valence-electron chi connectivity index (χ4n) is 1.36. The number of carbonyl (C=O) groups excluding carboxylic acids is 1. The van der Waals surface area contributed by atoms with Gasteiger partial charge in [-0.25, -0.2) is 0 Å². The molecule has 0 amide bonds. The zero-order chi connectivity index (χ0) is 11.1. The summed E-state index contributed by atoms with van der Waals surface area (Å²) in [5.74, 6) is -0.135. The largest absolute Gasteiger partial charge is 0.466 e. The third kappa shape index (κ3) is 4.34. The Morgan fingerprint density at radius 1 is 1.40 bits per heavy atom. The molecule has 0 heterocycles. The van der Waals surface area contributed by atoms with E-state index in [0.29, 0.717) is 13.0 Å². The van der Waals surface area contributed by atoms with Crippen molar-refractivity contribution < 1.29 is 9.53 Å². The van der Waals surface area contributed by atoms with Gasteiger partial charge in [-0.2, -0.15) is 0 Å². The van der Waals surface area contributed by atoms with Gasteiger partial charge in [0.15, 0.2) is 0 Å². The Balaban J connectivity index is 2.32. The molecule has 0 aliphatic carbocycles. The predicted octanol–water partition coefficient (Wildman–Crippen LogP) is 3.23. The lowest BCUT2D eigenvalue weighted by Gasteiger charge is -2.03. The van der Waals surface area contributed by atoms with Crippen LogP contribution in [0.4, 0.5) is 0 Å². The van der Waals surface area contributed by atoms with E-state index in [-0.39, 0.29) is 5.97 Å². The normalized spacial score (nSPS) is 10.0. The van der Waals surface area contributed by atoms with Crippen molar-refractivity contribution in [3.8, 4) is 0 Å². The summed E-state index contributed by atoms with van der Waals surface area (Å²) < 4.78 is 4.84. The van der Waals surface area contributed by atoms with Gasteiger partial charge in [-0.3, -0.25) is 4.79 Å². The molecule has 1 rings (SSSR count). The van der Waals surface area contributed by atoms with E-state index in [2.05, 4.69) is 0 Å². The summed E-state index contributed by atoms with van der Waals surface area (Å²) >= 11 is 5.98. The SMILES string of the molecule is CCOC(=O)CCCc1ccccc1Cl. The van der Waals surface area contributed by atoms with Crippen LogP contribution in [0.2, 0.25) is 5.02 Å². The highest BCUT2D eigenvalue weighted by atomic mass is 35.5. The predicted molar refractivity (Wildman–Crippen MR) is 61.0 cm³/mol. The quantitative estimate of drug-likeness (QED) is 0.721. The van der Waals surface area contributed by atoms with Crippen molar-refractivity contribution in [3.05, 3.63) is 34.9 Å². The standard InChI is InChI=1S/C12H15ClO2/c1-2-15-12(14)9-5-7-10-6-3-4-8-11(10)13/h3-4,6,8H,2,5,7,9H2,1H3. The van der Waals surface area contributed by atoms with E-state index in [1.807, 2.05) is 31.2 Å². The average Bonchev–Trinajstić information content (AvgIpc) is 2.21. The molecule has 15 heavy (non-hydrogen) atoms. The van der Waals surface area contributed by atoms with Crippen LogP contribution < -0.4 is 0 Å². The van der Waals surface area contributed by atoms with Gasteiger partial charge in [0.25, 0.3) is 0 Å². The molecule has 0 spiro atoms. The van der Waals surface area contributed by atoms with Gasteiger partial charge in [0.2, 0.25) is 0 Å². The van der Waals surface area contributed by atoms with Gasteiger partial charge in [0.05, 0.1) is 6.61 Å². The number of ether oxygens (including phenoxy) is 1. The maximum Gasteiger partial charge on any atom is 0.305 e. The highest BCUT2D eigenvalue weighted by Gasteiger charge is 2.03. The summed E-state index contributed by atoms with van der Waals surface area (Å²) in [7, 11) is 0. The highest BCUT2D eigenvalue weighted by Crippen LogP contribution is 2.17. The lowest BCUT2D eigenvalue weighted by molar-refractivity contribution is -0.143. The number of hydrogen-bond acceptors (Lipinski definition) is 2. The number of benzene rings is 1. The molecule has 0 atom stereocenters. The Labute approximate surface area is 95.2 Å². The molecule has 0 saturated carbocycles. The van der Waals surface area contributed by atoms with Crippen LogP contribution in [-0.4, -0.2) is 12.6 Å². The van der Waals surface area contributed by atoms with Gasteiger partial charge in [-0.15, -0.1) is 0 Å². The van der Waals surface area contributed by atoms with Crippen molar-refractivity contribution in [2.24, 2.45) is 0 Å². The third-order valence-corrected chi connectivity index (χ3v) is 2.46. The van der Waals surface area contributed by atoms with Crippen molar-refractivity contribution in [1.82, 2.24) is 0 Å². The van der Waals surface area contributed by atoms with Gasteiger partial charge >= 0.3 is 5.97 Å². The summed E-state index contributed by atoms with van der Waals surface area (Å²) in [4.78, 5) is 11.1. The number of carbonyl (C=O) groups is 1.